The van der Waals surface area contributed by atoms with E-state index in [9.17, 15) is 9.59 Å². The van der Waals surface area contributed by atoms with E-state index >= 15 is 0 Å². The number of ether oxygens (including phenoxy) is 1. The smallest absolute Gasteiger partial charge is 0.307 e. The van der Waals surface area contributed by atoms with Crippen molar-refractivity contribution in [3.05, 3.63) is 11.3 Å². The fourth-order valence-corrected chi connectivity index (χ4v) is 1.67. The Balaban J connectivity index is 2.67. The van der Waals surface area contributed by atoms with Crippen LogP contribution in [0.1, 0.15) is 29.4 Å². The molecular weight excluding hydrogens is 236 g/mol. The molecule has 7 heteroatoms. The van der Waals surface area contributed by atoms with Gasteiger partial charge in [-0.2, -0.15) is 5.10 Å². The van der Waals surface area contributed by atoms with Gasteiger partial charge < -0.3 is 15.8 Å². The van der Waals surface area contributed by atoms with Crippen molar-refractivity contribution in [3.63, 3.8) is 0 Å². The molecule has 18 heavy (non-hydrogen) atoms. The third-order valence-corrected chi connectivity index (χ3v) is 2.40. The number of aromatic nitrogens is 2. The minimum Gasteiger partial charge on any atom is -0.466 e. The largest absolute Gasteiger partial charge is 0.466 e. The lowest BCUT2D eigenvalue weighted by atomic mass is 10.2. The molecular formula is C11H18N4O3. The number of esters is 1. The van der Waals surface area contributed by atoms with Gasteiger partial charge >= 0.3 is 5.97 Å². The molecule has 1 aromatic rings. The second-order valence-corrected chi connectivity index (χ2v) is 3.78. The first kappa shape index (κ1) is 14.0. The van der Waals surface area contributed by atoms with Crippen LogP contribution in [0.15, 0.2) is 0 Å². The lowest BCUT2D eigenvalue weighted by Crippen LogP contribution is -2.17. The van der Waals surface area contributed by atoms with E-state index in [1.54, 1.807) is 20.9 Å². The van der Waals surface area contributed by atoms with Crippen LogP contribution in [0, 0.1) is 6.92 Å². The minimum absolute atomic E-state index is 0.219. The van der Waals surface area contributed by atoms with Crippen molar-refractivity contribution in [2.24, 2.45) is 12.8 Å². The van der Waals surface area contributed by atoms with Crippen molar-refractivity contribution in [1.82, 2.24) is 9.78 Å². The number of nitrogens with two attached hydrogens (primary N) is 1. The van der Waals surface area contributed by atoms with Gasteiger partial charge in [-0.25, -0.2) is 0 Å². The Morgan fingerprint density at radius 2 is 2.17 bits per heavy atom. The fraction of sp³-hybridized carbons (Fsp3) is 0.545. The minimum atomic E-state index is -0.542. The maximum Gasteiger partial charge on any atom is 0.307 e. The van der Waals surface area contributed by atoms with E-state index in [4.69, 9.17) is 10.5 Å². The molecule has 0 saturated carbocycles. The van der Waals surface area contributed by atoms with Crippen LogP contribution < -0.4 is 11.1 Å². The third-order valence-electron chi connectivity index (χ3n) is 2.40. The van der Waals surface area contributed by atoms with Crippen molar-refractivity contribution in [2.45, 2.75) is 20.3 Å². The summed E-state index contributed by atoms with van der Waals surface area (Å²) in [5, 5.41) is 7.08. The second kappa shape index (κ2) is 6.04. The van der Waals surface area contributed by atoms with Crippen molar-refractivity contribution in [2.75, 3.05) is 18.5 Å². The lowest BCUT2D eigenvalue weighted by molar-refractivity contribution is -0.142. The molecule has 0 aliphatic heterocycles. The molecule has 1 aromatic heterocycles. The van der Waals surface area contributed by atoms with E-state index in [-0.39, 0.29) is 12.4 Å². The summed E-state index contributed by atoms with van der Waals surface area (Å²) in [4.78, 5) is 22.5. The van der Waals surface area contributed by atoms with Crippen LogP contribution >= 0.6 is 0 Å². The van der Waals surface area contributed by atoms with Crippen molar-refractivity contribution in [1.29, 1.82) is 0 Å². The summed E-state index contributed by atoms with van der Waals surface area (Å²) < 4.78 is 6.33. The molecule has 7 nitrogen and oxygen atoms in total. The predicted octanol–water partition coefficient (Wildman–Crippen LogP) is 0.193. The predicted molar refractivity (Wildman–Crippen MR) is 66.2 cm³/mol. The van der Waals surface area contributed by atoms with Crippen LogP contribution in [-0.4, -0.2) is 34.8 Å². The van der Waals surface area contributed by atoms with Crippen LogP contribution in [0.25, 0.3) is 0 Å². The summed E-state index contributed by atoms with van der Waals surface area (Å²) in [6, 6.07) is 0. The summed E-state index contributed by atoms with van der Waals surface area (Å²) in [6.45, 7) is 4.17. The Morgan fingerprint density at radius 3 is 2.72 bits per heavy atom. The zero-order valence-corrected chi connectivity index (χ0v) is 10.8. The zero-order valence-electron chi connectivity index (χ0n) is 10.8. The quantitative estimate of drug-likeness (QED) is 0.706. The maximum atomic E-state index is 11.3. The monoisotopic (exact) mass is 254 g/mol. The van der Waals surface area contributed by atoms with Gasteiger partial charge in [0.1, 0.15) is 11.4 Å². The highest BCUT2D eigenvalue weighted by Crippen LogP contribution is 2.17. The van der Waals surface area contributed by atoms with Gasteiger partial charge in [-0.1, -0.05) is 0 Å². The SMILES string of the molecule is CCOC(=O)CCNc1c(C(N)=O)c(C)nn1C. The molecule has 1 rings (SSSR count). The van der Waals surface area contributed by atoms with Crippen molar-refractivity contribution < 1.29 is 14.3 Å². The molecule has 0 bridgehead atoms. The van der Waals surface area contributed by atoms with Gasteiger partial charge in [-0.15, -0.1) is 0 Å². The number of carbonyl (C=O) groups is 2. The maximum absolute atomic E-state index is 11.3. The summed E-state index contributed by atoms with van der Waals surface area (Å²) in [6.07, 6.45) is 0.219. The molecule has 0 unspecified atom stereocenters. The molecule has 0 aliphatic carbocycles. The Morgan fingerprint density at radius 1 is 1.50 bits per heavy atom. The van der Waals surface area contributed by atoms with Gasteiger partial charge in [0.05, 0.1) is 18.7 Å². The molecule has 3 N–H and O–H groups in total. The van der Waals surface area contributed by atoms with Crippen LogP contribution in [0.2, 0.25) is 0 Å². The summed E-state index contributed by atoms with van der Waals surface area (Å²) in [5.41, 5.74) is 6.19. The van der Waals surface area contributed by atoms with Gasteiger partial charge in [0, 0.05) is 13.6 Å². The first-order valence-corrected chi connectivity index (χ1v) is 5.70. The number of hydrogen-bond acceptors (Lipinski definition) is 5. The van der Waals surface area contributed by atoms with Crippen molar-refractivity contribution >= 4 is 17.7 Å². The fourth-order valence-electron chi connectivity index (χ4n) is 1.67. The number of aryl methyl sites for hydroxylation is 2. The first-order chi connectivity index (χ1) is 8.47. The normalized spacial score (nSPS) is 10.2. The Labute approximate surface area is 105 Å². The van der Waals surface area contributed by atoms with E-state index in [0.717, 1.165) is 0 Å². The number of hydrogen-bond donors (Lipinski definition) is 2. The van der Waals surface area contributed by atoms with E-state index in [2.05, 4.69) is 10.4 Å². The topological polar surface area (TPSA) is 99.2 Å². The van der Waals surface area contributed by atoms with E-state index < -0.39 is 5.91 Å². The van der Waals surface area contributed by atoms with E-state index in [1.807, 2.05) is 0 Å². The standard InChI is InChI=1S/C11H18N4O3/c1-4-18-8(16)5-6-13-11-9(10(12)17)7(2)14-15(11)3/h13H,4-6H2,1-3H3,(H2,12,17). The number of rotatable bonds is 6. The number of primary amides is 1. The molecule has 0 spiro atoms. The highest BCUT2D eigenvalue weighted by Gasteiger charge is 2.17. The summed E-state index contributed by atoms with van der Waals surface area (Å²) in [7, 11) is 1.70. The highest BCUT2D eigenvalue weighted by molar-refractivity contribution is 5.98. The van der Waals surface area contributed by atoms with Crippen LogP contribution in [0.4, 0.5) is 5.82 Å². The van der Waals surface area contributed by atoms with Crippen LogP contribution in [0.3, 0.4) is 0 Å². The number of anilines is 1. The lowest BCUT2D eigenvalue weighted by Gasteiger charge is -2.07. The average molecular weight is 254 g/mol. The molecule has 0 atom stereocenters. The van der Waals surface area contributed by atoms with Gasteiger partial charge in [0.15, 0.2) is 0 Å². The van der Waals surface area contributed by atoms with Crippen molar-refractivity contribution in [3.8, 4) is 0 Å². The molecule has 0 fully saturated rings. The number of nitrogens with zero attached hydrogens (tertiary/aromatic N) is 2. The van der Waals surface area contributed by atoms with Crippen LogP contribution in [-0.2, 0) is 16.6 Å². The Hall–Kier alpha value is -2.05. The number of carbonyl (C=O) groups excluding carboxylic acids is 2. The average Bonchev–Trinajstić information content (AvgIpc) is 2.54. The molecule has 1 heterocycles. The number of nitrogens with one attached hydrogen (secondary N) is 1. The molecule has 0 saturated heterocycles. The third kappa shape index (κ3) is 3.22. The summed E-state index contributed by atoms with van der Waals surface area (Å²) in [5.74, 6) is -0.312. The molecule has 0 aromatic carbocycles. The second-order valence-electron chi connectivity index (χ2n) is 3.78. The van der Waals surface area contributed by atoms with Crippen LogP contribution in [0.5, 0.6) is 0 Å². The van der Waals surface area contributed by atoms with E-state index in [1.165, 1.54) is 4.68 Å². The highest BCUT2D eigenvalue weighted by atomic mass is 16.5. The Kier molecular flexibility index (Phi) is 4.70. The molecule has 0 radical (unpaired) electrons. The number of amides is 1. The summed E-state index contributed by atoms with van der Waals surface area (Å²) >= 11 is 0. The molecule has 0 aliphatic rings. The van der Waals surface area contributed by atoms with Gasteiger partial charge in [0.2, 0.25) is 0 Å². The van der Waals surface area contributed by atoms with Gasteiger partial charge in [-0.05, 0) is 13.8 Å². The zero-order chi connectivity index (χ0) is 13.7. The van der Waals surface area contributed by atoms with Gasteiger partial charge in [-0.3, -0.25) is 14.3 Å². The van der Waals surface area contributed by atoms with E-state index in [0.29, 0.717) is 30.2 Å². The molecule has 1 amide bonds. The first-order valence-electron chi connectivity index (χ1n) is 5.70. The Bertz CT molecular complexity index is 453. The van der Waals surface area contributed by atoms with Gasteiger partial charge in [0.25, 0.3) is 5.91 Å². The molecule has 100 valence electrons.